The van der Waals surface area contributed by atoms with Gasteiger partial charge in [-0.3, -0.25) is 14.4 Å². The van der Waals surface area contributed by atoms with Crippen LogP contribution in [0.1, 0.15) is 132 Å². The Labute approximate surface area is 404 Å². The Kier molecular flexibility index (Phi) is 20.8. The van der Waals surface area contributed by atoms with Crippen molar-refractivity contribution in [2.24, 2.45) is 41.2 Å². The number of aliphatic hydroxyl groups excluding tert-OH is 1. The number of anilines is 1. The lowest BCUT2D eigenvalue weighted by molar-refractivity contribution is -0.263. The molecule has 4 aliphatic rings. The number of Topliss-reactive ketones (excluding diaryl/α,β-unsaturated/α-hetero) is 2. The van der Waals surface area contributed by atoms with E-state index in [2.05, 4.69) is 24.3 Å². The molecule has 5 rings (SSSR count). The quantitative estimate of drug-likeness (QED) is 0.119. The highest BCUT2D eigenvalue weighted by Crippen LogP contribution is 2.38. The van der Waals surface area contributed by atoms with Crippen molar-refractivity contribution in [3.63, 3.8) is 0 Å². The average molecular weight is 951 g/mol. The standard InChI is InChI=1S/C53H82N4O11/c1-32-15-11-10-12-16-33(2)42(56-46-24-25-55-68-46)31-41-22-19-38(7)53(63,67-41)50(60)51(61)57-26-14-13-17-43(57)52(62)66-44(35(4)28-39-20-18-34(3)45(30-39)64-8)23-21-40(54)29-37(6)48(59)49(65-9)47(58)36(5)27-32/h10-12,15-16,24-25,29,32,34-36,38-45,48-49,56,59,63H,13-14,17-23,26-28,30-31,54H2,1-9H3/b12-10+,15-11+,33-16+,37-29+/t32-,34-,35-,36?,38?,39?,40+,41+,42+,43?,44+,45?,48?,49+,53?/m1/s1. The number of ether oxygens (including phenoxy) is 4. The number of esters is 1. The van der Waals surface area contributed by atoms with Gasteiger partial charge in [-0.15, -0.1) is 0 Å². The van der Waals surface area contributed by atoms with Crippen molar-refractivity contribution in [3.8, 4) is 0 Å². The van der Waals surface area contributed by atoms with E-state index in [9.17, 15) is 29.4 Å². The maximum Gasteiger partial charge on any atom is 0.329 e. The number of hydrogen-bond donors (Lipinski definition) is 4. The number of nitrogens with two attached hydrogens (primary N) is 1. The normalized spacial score (nSPS) is 39.1. The fraction of sp³-hybridized carbons (Fsp3) is 0.717. The van der Waals surface area contributed by atoms with Crippen molar-refractivity contribution in [1.82, 2.24) is 10.1 Å². The monoisotopic (exact) mass is 951 g/mol. The largest absolute Gasteiger partial charge is 0.461 e. The first kappa shape index (κ1) is 54.9. The number of cyclic esters (lactones) is 1. The predicted octanol–water partition coefficient (Wildman–Crippen LogP) is 7.42. The van der Waals surface area contributed by atoms with Crippen molar-refractivity contribution >= 4 is 29.3 Å². The molecule has 380 valence electrons. The molecule has 0 spiro atoms. The molecule has 1 amide bonds. The number of hydrogen-bond acceptors (Lipinski definition) is 14. The summed E-state index contributed by atoms with van der Waals surface area (Å²) in [6, 6.07) is -0.265. The van der Waals surface area contributed by atoms with Crippen LogP contribution in [-0.2, 0) is 38.1 Å². The summed E-state index contributed by atoms with van der Waals surface area (Å²) in [4.78, 5) is 58.2. The summed E-state index contributed by atoms with van der Waals surface area (Å²) in [5.74, 6) is -5.21. The molecule has 1 aliphatic carbocycles. The van der Waals surface area contributed by atoms with Crippen molar-refractivity contribution in [3.05, 3.63) is 59.9 Å². The van der Waals surface area contributed by atoms with Crippen molar-refractivity contribution in [1.29, 1.82) is 0 Å². The third kappa shape index (κ3) is 14.5. The molecule has 0 radical (unpaired) electrons. The van der Waals surface area contributed by atoms with E-state index in [0.29, 0.717) is 81.1 Å². The lowest BCUT2D eigenvalue weighted by Crippen LogP contribution is -2.61. The van der Waals surface area contributed by atoms with Gasteiger partial charge in [0.25, 0.3) is 11.7 Å². The number of fused-ring (bicyclic) bond motifs is 3. The zero-order chi connectivity index (χ0) is 49.7. The van der Waals surface area contributed by atoms with Crippen molar-refractivity contribution < 1.29 is 52.9 Å². The zero-order valence-corrected chi connectivity index (χ0v) is 42.1. The summed E-state index contributed by atoms with van der Waals surface area (Å²) < 4.78 is 29.6. The van der Waals surface area contributed by atoms with Crippen molar-refractivity contribution in [2.45, 2.75) is 186 Å². The molecule has 15 nitrogen and oxygen atoms in total. The number of carbonyl (C=O) groups excluding carboxylic acids is 4. The first-order valence-corrected chi connectivity index (χ1v) is 25.2. The van der Waals surface area contributed by atoms with E-state index in [0.717, 1.165) is 31.3 Å². The number of amides is 1. The SMILES string of the molecule is COC1CC(C[C@@H](C)[C@@H]2CC[C@H](N)/C=C(\C)C(O)[C@@H](OC)C(=O)C(C)C[C@H](C)/C=C/C=C/C=C(\C)[C@@H](Nc3ccno3)C[C@@H]3CCC(C)C(O)(O3)C(=O)C(=O)N3CCCCC3C(=O)O2)CC[C@H]1C. The van der Waals surface area contributed by atoms with E-state index in [4.69, 9.17) is 29.2 Å². The number of methoxy groups -OCH3 is 2. The molecule has 7 unspecified atom stereocenters. The van der Waals surface area contributed by atoms with Crippen LogP contribution in [0.5, 0.6) is 0 Å². The van der Waals surface area contributed by atoms with Crippen LogP contribution in [-0.4, -0.2) is 119 Å². The number of aliphatic hydroxyl groups is 2. The van der Waals surface area contributed by atoms with E-state index >= 15 is 0 Å². The first-order chi connectivity index (χ1) is 32.4. The van der Waals surface area contributed by atoms with E-state index in [1.54, 1.807) is 33.1 Å². The Morgan fingerprint density at radius 1 is 0.926 bits per heavy atom. The summed E-state index contributed by atoms with van der Waals surface area (Å²) in [6.07, 6.45) is 17.5. The minimum Gasteiger partial charge on any atom is -0.461 e. The maximum atomic E-state index is 14.5. The molecule has 0 aromatic carbocycles. The Bertz CT molecular complexity index is 1930. The van der Waals surface area contributed by atoms with Crippen LogP contribution >= 0.6 is 0 Å². The highest BCUT2D eigenvalue weighted by molar-refractivity contribution is 6.39. The van der Waals surface area contributed by atoms with Gasteiger partial charge in [0.2, 0.25) is 11.7 Å². The third-order valence-electron chi connectivity index (χ3n) is 15.2. The highest BCUT2D eigenvalue weighted by Gasteiger charge is 2.53. The summed E-state index contributed by atoms with van der Waals surface area (Å²) >= 11 is 0. The van der Waals surface area contributed by atoms with Crippen LogP contribution in [0.3, 0.4) is 0 Å². The Balaban J connectivity index is 1.46. The van der Waals surface area contributed by atoms with Gasteiger partial charge in [-0.05, 0) is 127 Å². The van der Waals surface area contributed by atoms with Gasteiger partial charge in [0.1, 0.15) is 24.4 Å². The van der Waals surface area contributed by atoms with Crippen molar-refractivity contribution in [2.75, 3.05) is 26.1 Å². The molecule has 15 heteroatoms. The van der Waals surface area contributed by atoms with E-state index in [1.165, 1.54) is 18.2 Å². The molecule has 1 aromatic rings. The molecule has 2 saturated heterocycles. The second kappa shape index (κ2) is 25.7. The lowest BCUT2D eigenvalue weighted by atomic mass is 9.76. The van der Waals surface area contributed by atoms with Crippen LogP contribution in [0, 0.1) is 35.5 Å². The molecule has 15 atom stereocenters. The summed E-state index contributed by atoms with van der Waals surface area (Å²) in [7, 11) is 3.18. The molecular weight excluding hydrogens is 869 g/mol. The second-order valence-electron chi connectivity index (χ2n) is 20.6. The van der Waals surface area contributed by atoms with Gasteiger partial charge in [0.15, 0.2) is 5.78 Å². The van der Waals surface area contributed by atoms with Gasteiger partial charge >= 0.3 is 5.97 Å². The smallest absolute Gasteiger partial charge is 0.329 e. The number of rotatable bonds is 7. The van der Waals surface area contributed by atoms with Gasteiger partial charge in [-0.25, -0.2) is 4.79 Å². The summed E-state index contributed by atoms with van der Waals surface area (Å²) in [5.41, 5.74) is 8.12. The van der Waals surface area contributed by atoms with Crippen LogP contribution < -0.4 is 11.1 Å². The Hall–Kier alpha value is -3.99. The molecule has 1 aromatic heterocycles. The first-order valence-electron chi connectivity index (χ1n) is 25.2. The summed E-state index contributed by atoms with van der Waals surface area (Å²) in [5, 5.41) is 30.8. The molecule has 4 heterocycles. The van der Waals surface area contributed by atoms with E-state index in [1.807, 2.05) is 51.2 Å². The van der Waals surface area contributed by atoms with E-state index < -0.39 is 71.8 Å². The molecule has 1 saturated carbocycles. The van der Waals surface area contributed by atoms with E-state index in [-0.39, 0.29) is 36.3 Å². The van der Waals surface area contributed by atoms with Gasteiger partial charge in [0.05, 0.1) is 24.4 Å². The predicted molar refractivity (Wildman–Crippen MR) is 260 cm³/mol. The number of aromatic nitrogens is 1. The van der Waals surface area contributed by atoms with Gasteiger partial charge in [-0.1, -0.05) is 81.8 Å². The number of nitrogens with zero attached hydrogens (tertiary/aromatic N) is 2. The molecule has 3 aliphatic heterocycles. The van der Waals surface area contributed by atoms with Crippen LogP contribution in [0.4, 0.5) is 5.88 Å². The molecular formula is C53H82N4O11. The molecule has 68 heavy (non-hydrogen) atoms. The number of piperidine rings is 1. The van der Waals surface area contributed by atoms with Crippen LogP contribution in [0.25, 0.3) is 0 Å². The molecule has 5 N–H and O–H groups in total. The second-order valence-corrected chi connectivity index (χ2v) is 20.6. The lowest BCUT2D eigenvalue weighted by Gasteiger charge is -2.43. The maximum absolute atomic E-state index is 14.5. The number of allylic oxidation sites excluding steroid dienone is 5. The highest BCUT2D eigenvalue weighted by atomic mass is 16.6. The zero-order valence-electron chi connectivity index (χ0n) is 42.1. The third-order valence-corrected chi connectivity index (χ3v) is 15.2. The molecule has 3 fully saturated rings. The van der Waals surface area contributed by atoms with Crippen LogP contribution in [0.15, 0.2) is 64.4 Å². The summed E-state index contributed by atoms with van der Waals surface area (Å²) in [6.45, 7) is 13.7. The topological polar surface area (TPSA) is 213 Å². The van der Waals surface area contributed by atoms with Gasteiger partial charge in [-0.2, -0.15) is 0 Å². The average Bonchev–Trinajstić information content (AvgIpc) is 3.84. The fourth-order valence-corrected chi connectivity index (χ4v) is 10.8. The number of nitrogens with one attached hydrogen (secondary N) is 1. The Morgan fingerprint density at radius 2 is 1.69 bits per heavy atom. The molecule has 2 bridgehead atoms. The fourth-order valence-electron chi connectivity index (χ4n) is 10.8. The van der Waals surface area contributed by atoms with Gasteiger partial charge < -0.3 is 49.6 Å². The Morgan fingerprint density at radius 3 is 2.40 bits per heavy atom. The minimum absolute atomic E-state index is 0.0349. The minimum atomic E-state index is -2.42. The number of ketones is 2. The van der Waals surface area contributed by atoms with Crippen LogP contribution in [0.2, 0.25) is 0 Å². The van der Waals surface area contributed by atoms with Gasteiger partial charge in [0, 0.05) is 44.7 Å². The number of carbonyl (C=O) groups is 4.